The van der Waals surface area contributed by atoms with Gasteiger partial charge < -0.3 is 19.8 Å². The third-order valence-corrected chi connectivity index (χ3v) is 3.63. The van der Waals surface area contributed by atoms with E-state index >= 15 is 0 Å². The smallest absolute Gasteiger partial charge is 0.210 e. The summed E-state index contributed by atoms with van der Waals surface area (Å²) in [7, 11) is 1.50. The van der Waals surface area contributed by atoms with Crippen LogP contribution in [0.4, 0.5) is 0 Å². The zero-order valence-electron chi connectivity index (χ0n) is 15.1. The highest BCUT2D eigenvalue weighted by molar-refractivity contribution is 5.48. The van der Waals surface area contributed by atoms with Crippen LogP contribution >= 0.6 is 0 Å². The van der Waals surface area contributed by atoms with Gasteiger partial charge in [0.25, 0.3) is 0 Å². The van der Waals surface area contributed by atoms with E-state index in [1.807, 2.05) is 32.0 Å². The Bertz CT molecular complexity index is 641. The molecule has 0 aliphatic heterocycles. The molecule has 144 valence electrons. The molecule has 0 spiro atoms. The molecule has 0 bridgehead atoms. The standard InChI is InChI=1S/C18H21NO4.C2H6.CH4/c1-23-18-9-6-15(11-17(18)22)12-19(13-20)10-2-3-14-4-7-16(21)8-5-14;1-2;/h4-9,11,13,21-22H,2-3,10,12H2,1H3;1-2H3;1H4. The van der Waals surface area contributed by atoms with Crippen LogP contribution < -0.4 is 4.74 Å². The van der Waals surface area contributed by atoms with E-state index < -0.39 is 0 Å². The second kappa shape index (κ2) is 12.6. The summed E-state index contributed by atoms with van der Waals surface area (Å²) in [4.78, 5) is 12.9. The maximum Gasteiger partial charge on any atom is 0.210 e. The van der Waals surface area contributed by atoms with E-state index in [1.54, 1.807) is 29.2 Å². The molecule has 5 nitrogen and oxygen atoms in total. The SMILES string of the molecule is C.CC.COc1ccc(CN(C=O)CCCc2ccc(O)cc2)cc1O. The molecule has 0 saturated carbocycles. The normalized spacial score (nSPS) is 9.35. The Morgan fingerprint density at radius 2 is 1.65 bits per heavy atom. The van der Waals surface area contributed by atoms with Gasteiger partial charge in [0.05, 0.1) is 7.11 Å². The Balaban J connectivity index is 0.00000201. The van der Waals surface area contributed by atoms with Gasteiger partial charge in [-0.2, -0.15) is 0 Å². The highest BCUT2D eigenvalue weighted by Gasteiger charge is 2.07. The van der Waals surface area contributed by atoms with Gasteiger partial charge in [0, 0.05) is 13.1 Å². The van der Waals surface area contributed by atoms with E-state index in [1.165, 1.54) is 7.11 Å². The Hall–Kier alpha value is -2.69. The third kappa shape index (κ3) is 7.47. The molecule has 0 atom stereocenters. The number of nitrogens with zero attached hydrogens (tertiary/aromatic N) is 1. The van der Waals surface area contributed by atoms with Crippen LogP contribution in [0.25, 0.3) is 0 Å². The lowest BCUT2D eigenvalue weighted by atomic mass is 10.1. The predicted octanol–water partition coefficient (Wildman–Crippen LogP) is 4.36. The third-order valence-electron chi connectivity index (χ3n) is 3.63. The molecule has 0 saturated heterocycles. The molecule has 0 aliphatic rings. The Labute approximate surface area is 156 Å². The largest absolute Gasteiger partial charge is 0.508 e. The molecule has 0 aromatic heterocycles. The van der Waals surface area contributed by atoms with Gasteiger partial charge in [-0.25, -0.2) is 0 Å². The minimum absolute atomic E-state index is 0. The Morgan fingerprint density at radius 1 is 1.04 bits per heavy atom. The number of amides is 1. The van der Waals surface area contributed by atoms with Crippen molar-refractivity contribution < 1.29 is 19.7 Å². The number of carbonyl (C=O) groups excluding carboxylic acids is 1. The number of hydrogen-bond acceptors (Lipinski definition) is 4. The maximum absolute atomic E-state index is 11.2. The van der Waals surface area contributed by atoms with Crippen molar-refractivity contribution in [1.29, 1.82) is 0 Å². The number of carbonyl (C=O) groups is 1. The first-order valence-electron chi connectivity index (χ1n) is 8.45. The van der Waals surface area contributed by atoms with Crippen molar-refractivity contribution in [2.24, 2.45) is 0 Å². The van der Waals surface area contributed by atoms with Crippen LogP contribution in [-0.4, -0.2) is 35.2 Å². The minimum Gasteiger partial charge on any atom is -0.508 e. The predicted molar refractivity (Wildman–Crippen MR) is 106 cm³/mol. The average Bonchev–Trinajstić information content (AvgIpc) is 2.64. The molecule has 2 aromatic rings. The van der Waals surface area contributed by atoms with Gasteiger partial charge >= 0.3 is 0 Å². The van der Waals surface area contributed by atoms with Crippen molar-refractivity contribution in [3.63, 3.8) is 0 Å². The molecule has 2 rings (SSSR count). The van der Waals surface area contributed by atoms with Crippen LogP contribution in [0, 0.1) is 0 Å². The van der Waals surface area contributed by atoms with Crippen molar-refractivity contribution in [2.75, 3.05) is 13.7 Å². The molecular formula is C21H31NO4. The molecule has 2 N–H and O–H groups in total. The maximum atomic E-state index is 11.2. The first-order chi connectivity index (χ1) is 12.1. The van der Waals surface area contributed by atoms with Crippen LogP contribution in [0.3, 0.4) is 0 Å². The lowest BCUT2D eigenvalue weighted by Crippen LogP contribution is -2.23. The summed E-state index contributed by atoms with van der Waals surface area (Å²) in [5.41, 5.74) is 1.97. The van der Waals surface area contributed by atoms with E-state index in [2.05, 4.69) is 0 Å². The zero-order chi connectivity index (χ0) is 18.7. The van der Waals surface area contributed by atoms with Gasteiger partial charge in [0.15, 0.2) is 11.5 Å². The highest BCUT2D eigenvalue weighted by Crippen LogP contribution is 2.26. The van der Waals surface area contributed by atoms with Gasteiger partial charge in [-0.3, -0.25) is 4.79 Å². The summed E-state index contributed by atoms with van der Waals surface area (Å²) in [6, 6.07) is 12.2. The van der Waals surface area contributed by atoms with Gasteiger partial charge in [0.2, 0.25) is 6.41 Å². The Morgan fingerprint density at radius 3 is 2.19 bits per heavy atom. The molecule has 0 aliphatic carbocycles. The number of phenolic OH excluding ortho intramolecular Hbond substituents is 2. The van der Waals surface area contributed by atoms with Crippen molar-refractivity contribution in [2.45, 2.75) is 40.7 Å². The van der Waals surface area contributed by atoms with E-state index in [4.69, 9.17) is 4.74 Å². The number of methoxy groups -OCH3 is 1. The van der Waals surface area contributed by atoms with Crippen LogP contribution in [-0.2, 0) is 17.8 Å². The summed E-state index contributed by atoms with van der Waals surface area (Å²) in [6.45, 7) is 5.06. The van der Waals surface area contributed by atoms with Gasteiger partial charge in [-0.05, 0) is 48.2 Å². The molecule has 5 heteroatoms. The van der Waals surface area contributed by atoms with E-state index in [9.17, 15) is 15.0 Å². The number of hydrogen-bond donors (Lipinski definition) is 2. The lowest BCUT2D eigenvalue weighted by Gasteiger charge is -2.18. The number of aromatic hydroxyl groups is 2. The number of ether oxygens (including phenoxy) is 1. The van der Waals surface area contributed by atoms with E-state index in [0.29, 0.717) is 18.8 Å². The van der Waals surface area contributed by atoms with Crippen molar-refractivity contribution in [3.05, 3.63) is 53.6 Å². The van der Waals surface area contributed by atoms with E-state index in [-0.39, 0.29) is 18.9 Å². The monoisotopic (exact) mass is 361 g/mol. The van der Waals surface area contributed by atoms with Crippen LogP contribution in [0.5, 0.6) is 17.2 Å². The molecular weight excluding hydrogens is 330 g/mol. The molecule has 26 heavy (non-hydrogen) atoms. The summed E-state index contributed by atoms with van der Waals surface area (Å²) < 4.78 is 5.00. The molecule has 0 radical (unpaired) electrons. The van der Waals surface area contributed by atoms with Crippen LogP contribution in [0.1, 0.15) is 38.8 Å². The number of rotatable bonds is 8. The fraction of sp³-hybridized carbons (Fsp3) is 0.381. The molecule has 0 fully saturated rings. The number of phenols is 2. The van der Waals surface area contributed by atoms with Crippen molar-refractivity contribution in [1.82, 2.24) is 4.90 Å². The average molecular weight is 361 g/mol. The fourth-order valence-corrected chi connectivity index (χ4v) is 2.39. The lowest BCUT2D eigenvalue weighted by molar-refractivity contribution is -0.118. The fourth-order valence-electron chi connectivity index (χ4n) is 2.39. The minimum atomic E-state index is 0. The van der Waals surface area contributed by atoms with Gasteiger partial charge in [0.1, 0.15) is 5.75 Å². The Kier molecular flexibility index (Phi) is 11.3. The highest BCUT2D eigenvalue weighted by atomic mass is 16.5. The summed E-state index contributed by atoms with van der Waals surface area (Å²) in [5.74, 6) is 0.737. The topological polar surface area (TPSA) is 70.0 Å². The molecule has 2 aromatic carbocycles. The van der Waals surface area contributed by atoms with Crippen molar-refractivity contribution >= 4 is 6.41 Å². The quantitative estimate of drug-likeness (QED) is 0.686. The van der Waals surface area contributed by atoms with E-state index in [0.717, 1.165) is 30.4 Å². The molecule has 0 heterocycles. The van der Waals surface area contributed by atoms with Crippen LogP contribution in [0.15, 0.2) is 42.5 Å². The number of benzene rings is 2. The second-order valence-electron chi connectivity index (χ2n) is 5.35. The first-order valence-corrected chi connectivity index (χ1v) is 8.45. The first kappa shape index (κ1) is 23.3. The van der Waals surface area contributed by atoms with Gasteiger partial charge in [-0.15, -0.1) is 0 Å². The summed E-state index contributed by atoms with van der Waals surface area (Å²) >= 11 is 0. The summed E-state index contributed by atoms with van der Waals surface area (Å²) in [6.07, 6.45) is 2.47. The van der Waals surface area contributed by atoms with Crippen LogP contribution in [0.2, 0.25) is 0 Å². The molecule has 0 unspecified atom stereocenters. The molecule has 1 amide bonds. The van der Waals surface area contributed by atoms with Gasteiger partial charge in [-0.1, -0.05) is 39.5 Å². The second-order valence-corrected chi connectivity index (χ2v) is 5.35. The zero-order valence-corrected chi connectivity index (χ0v) is 15.1. The number of aryl methyl sites for hydroxylation is 1. The van der Waals surface area contributed by atoms with Crippen molar-refractivity contribution in [3.8, 4) is 17.2 Å². The summed E-state index contributed by atoms with van der Waals surface area (Å²) in [5, 5.41) is 19.0.